The Labute approximate surface area is 170 Å². The summed E-state index contributed by atoms with van der Waals surface area (Å²) in [6.07, 6.45) is 1.22. The summed E-state index contributed by atoms with van der Waals surface area (Å²) < 4.78 is 0. The molecule has 1 heterocycles. The number of carbonyl (C=O) groups is 1. The van der Waals surface area contributed by atoms with Crippen LogP contribution in [-0.2, 0) is 4.79 Å². The Kier molecular flexibility index (Phi) is 12.4. The van der Waals surface area contributed by atoms with Crippen LogP contribution < -0.4 is 16.0 Å². The summed E-state index contributed by atoms with van der Waals surface area (Å²) >= 11 is 0. The van der Waals surface area contributed by atoms with Crippen LogP contribution in [-0.4, -0.2) is 86.6 Å². The number of halogens is 1. The number of nitrogens with zero attached hydrogens (tertiary/aromatic N) is 3. The summed E-state index contributed by atoms with van der Waals surface area (Å²) in [5.74, 6) is 0.642. The molecule has 8 heteroatoms. The molecule has 0 aromatic heterocycles. The highest BCUT2D eigenvalue weighted by Crippen LogP contribution is 2.00. The number of rotatable bonds is 6. The minimum atomic E-state index is -0.224. The zero-order valence-corrected chi connectivity index (χ0v) is 18.9. The first kappa shape index (κ1) is 24.4. The van der Waals surface area contributed by atoms with Crippen molar-refractivity contribution < 1.29 is 4.79 Å². The summed E-state index contributed by atoms with van der Waals surface area (Å²) in [5, 5.41) is 9.43. The molecule has 7 nitrogen and oxygen atoms in total. The molecule has 1 rings (SSSR count). The van der Waals surface area contributed by atoms with Gasteiger partial charge < -0.3 is 25.8 Å². The van der Waals surface area contributed by atoms with Crippen molar-refractivity contribution in [2.45, 2.75) is 39.7 Å². The van der Waals surface area contributed by atoms with E-state index < -0.39 is 0 Å². The van der Waals surface area contributed by atoms with Crippen LogP contribution in [0, 0.1) is 0 Å². The maximum Gasteiger partial charge on any atom is 0.242 e. The number of amides is 1. The zero-order chi connectivity index (χ0) is 18.0. The Morgan fingerprint density at radius 1 is 1.12 bits per heavy atom. The predicted octanol–water partition coefficient (Wildman–Crippen LogP) is 0.712. The average molecular weight is 468 g/mol. The molecule has 0 radical (unpaired) electrons. The second kappa shape index (κ2) is 12.7. The molecule has 1 aliphatic rings. The van der Waals surface area contributed by atoms with Crippen molar-refractivity contribution in [1.29, 1.82) is 0 Å². The van der Waals surface area contributed by atoms with Crippen LogP contribution in [0.3, 0.4) is 0 Å². The minimum absolute atomic E-state index is 0. The van der Waals surface area contributed by atoms with Gasteiger partial charge in [-0.15, -0.1) is 24.0 Å². The number of nitrogens with one attached hydrogen (secondary N) is 3. The third kappa shape index (κ3) is 12.4. The van der Waals surface area contributed by atoms with E-state index in [9.17, 15) is 4.79 Å². The summed E-state index contributed by atoms with van der Waals surface area (Å²) in [6.45, 7) is 15.2. The molecule has 0 spiro atoms. The van der Waals surface area contributed by atoms with Gasteiger partial charge in [-0.25, -0.2) is 4.99 Å². The molecule has 0 aliphatic carbocycles. The van der Waals surface area contributed by atoms with E-state index in [-0.39, 0.29) is 42.0 Å². The number of hydrogen-bond donors (Lipinski definition) is 3. The minimum Gasteiger partial charge on any atom is -0.357 e. The molecule has 3 N–H and O–H groups in total. The molecule has 0 bridgehead atoms. The van der Waals surface area contributed by atoms with Crippen molar-refractivity contribution in [3.05, 3.63) is 0 Å². The van der Waals surface area contributed by atoms with E-state index in [1.807, 2.05) is 27.7 Å². The second-order valence-corrected chi connectivity index (χ2v) is 7.42. The Morgan fingerprint density at radius 2 is 1.84 bits per heavy atom. The summed E-state index contributed by atoms with van der Waals surface area (Å²) in [5.41, 5.74) is -0.224. The van der Waals surface area contributed by atoms with Gasteiger partial charge in [0.2, 0.25) is 5.91 Å². The number of guanidine groups is 1. The van der Waals surface area contributed by atoms with Gasteiger partial charge in [-0.1, -0.05) is 0 Å². The second-order valence-electron chi connectivity index (χ2n) is 7.42. The van der Waals surface area contributed by atoms with Crippen LogP contribution in [0.15, 0.2) is 4.99 Å². The SMILES string of the molecule is CCNC(=NCC(=O)NC(C)(C)C)NCCN1CCCN(C)CC1.I. The van der Waals surface area contributed by atoms with E-state index in [1.54, 1.807) is 0 Å². The van der Waals surface area contributed by atoms with Crippen molar-refractivity contribution in [1.82, 2.24) is 25.8 Å². The van der Waals surface area contributed by atoms with Gasteiger partial charge in [0.15, 0.2) is 5.96 Å². The van der Waals surface area contributed by atoms with E-state index in [2.05, 4.69) is 37.8 Å². The van der Waals surface area contributed by atoms with Crippen LogP contribution in [0.25, 0.3) is 0 Å². The molecule has 0 unspecified atom stereocenters. The van der Waals surface area contributed by atoms with Gasteiger partial charge in [0.25, 0.3) is 0 Å². The fraction of sp³-hybridized carbons (Fsp3) is 0.882. The molecule has 148 valence electrons. The van der Waals surface area contributed by atoms with Crippen LogP contribution in [0.4, 0.5) is 0 Å². The van der Waals surface area contributed by atoms with Gasteiger partial charge >= 0.3 is 0 Å². The van der Waals surface area contributed by atoms with Crippen molar-refractivity contribution in [2.24, 2.45) is 4.99 Å². The molecule has 1 fully saturated rings. The lowest BCUT2D eigenvalue weighted by atomic mass is 10.1. The van der Waals surface area contributed by atoms with Crippen LogP contribution in [0.2, 0.25) is 0 Å². The first-order valence-corrected chi connectivity index (χ1v) is 9.04. The molecule has 0 aromatic carbocycles. The summed E-state index contributed by atoms with van der Waals surface area (Å²) in [4.78, 5) is 21.1. The monoisotopic (exact) mass is 468 g/mol. The zero-order valence-electron chi connectivity index (χ0n) is 16.5. The first-order valence-electron chi connectivity index (χ1n) is 9.04. The molecule has 1 saturated heterocycles. The average Bonchev–Trinajstić information content (AvgIpc) is 2.68. The van der Waals surface area contributed by atoms with Crippen molar-refractivity contribution in [3.63, 3.8) is 0 Å². The lowest BCUT2D eigenvalue weighted by Gasteiger charge is -2.21. The topological polar surface area (TPSA) is 72.0 Å². The van der Waals surface area contributed by atoms with E-state index in [4.69, 9.17) is 0 Å². The number of aliphatic imine (C=N–C) groups is 1. The molecule has 25 heavy (non-hydrogen) atoms. The van der Waals surface area contributed by atoms with Gasteiger partial charge in [-0.05, 0) is 54.3 Å². The fourth-order valence-corrected chi connectivity index (χ4v) is 2.61. The molecular formula is C17H37IN6O. The Bertz CT molecular complexity index is 410. The van der Waals surface area contributed by atoms with E-state index in [0.717, 1.165) is 39.3 Å². The smallest absolute Gasteiger partial charge is 0.242 e. The van der Waals surface area contributed by atoms with E-state index in [1.165, 1.54) is 13.0 Å². The van der Waals surface area contributed by atoms with Gasteiger partial charge in [0.1, 0.15) is 6.54 Å². The Balaban J connectivity index is 0.00000576. The maximum atomic E-state index is 11.9. The predicted molar refractivity (Wildman–Crippen MR) is 116 cm³/mol. The third-order valence-corrected chi connectivity index (χ3v) is 3.77. The van der Waals surface area contributed by atoms with Gasteiger partial charge in [-0.3, -0.25) is 4.79 Å². The van der Waals surface area contributed by atoms with Gasteiger partial charge in [-0.2, -0.15) is 0 Å². The Morgan fingerprint density at radius 3 is 2.48 bits per heavy atom. The lowest BCUT2D eigenvalue weighted by Crippen LogP contribution is -2.44. The molecule has 0 atom stereocenters. The lowest BCUT2D eigenvalue weighted by molar-refractivity contribution is -0.121. The van der Waals surface area contributed by atoms with Crippen molar-refractivity contribution in [2.75, 3.05) is 59.4 Å². The largest absolute Gasteiger partial charge is 0.357 e. The molecule has 0 saturated carbocycles. The van der Waals surface area contributed by atoms with Crippen LogP contribution in [0.5, 0.6) is 0 Å². The maximum absolute atomic E-state index is 11.9. The highest BCUT2D eigenvalue weighted by Gasteiger charge is 2.14. The Hall–Kier alpha value is -0.610. The molecule has 1 amide bonds. The molecule has 1 aliphatic heterocycles. The van der Waals surface area contributed by atoms with Crippen LogP contribution in [0.1, 0.15) is 34.1 Å². The normalized spacial score (nSPS) is 17.4. The number of hydrogen-bond acceptors (Lipinski definition) is 4. The highest BCUT2D eigenvalue weighted by molar-refractivity contribution is 14.0. The van der Waals surface area contributed by atoms with Crippen molar-refractivity contribution >= 4 is 35.8 Å². The number of likely N-dealkylation sites (N-methyl/N-ethyl adjacent to an activating group) is 1. The summed E-state index contributed by atoms with van der Waals surface area (Å²) in [6, 6.07) is 0. The summed E-state index contributed by atoms with van der Waals surface area (Å²) in [7, 11) is 2.18. The van der Waals surface area contributed by atoms with E-state index in [0.29, 0.717) is 5.96 Å². The first-order chi connectivity index (χ1) is 11.3. The van der Waals surface area contributed by atoms with Gasteiger partial charge in [0.05, 0.1) is 0 Å². The fourth-order valence-electron chi connectivity index (χ4n) is 2.61. The van der Waals surface area contributed by atoms with Crippen LogP contribution >= 0.6 is 24.0 Å². The highest BCUT2D eigenvalue weighted by atomic mass is 127. The van der Waals surface area contributed by atoms with Gasteiger partial charge in [0, 0.05) is 38.3 Å². The standard InChI is InChI=1S/C17H36N6O.HI/c1-6-18-16(20-14-15(24)21-17(2,3)4)19-8-11-23-10-7-9-22(5)12-13-23;/h6-14H2,1-5H3,(H,21,24)(H2,18,19,20);1H. The third-order valence-electron chi connectivity index (χ3n) is 3.77. The van der Waals surface area contributed by atoms with E-state index >= 15 is 0 Å². The van der Waals surface area contributed by atoms with Crippen molar-refractivity contribution in [3.8, 4) is 0 Å². The quantitative estimate of drug-likeness (QED) is 0.305. The molecule has 0 aromatic rings. The molecular weight excluding hydrogens is 431 g/mol. The number of carbonyl (C=O) groups excluding carboxylic acids is 1.